The van der Waals surface area contributed by atoms with Gasteiger partial charge in [-0.05, 0) is 107 Å². The number of imidazole rings is 2. The molecule has 0 bridgehead atoms. The third-order valence-electron chi connectivity index (χ3n) is 12.0. The van der Waals surface area contributed by atoms with Crippen molar-refractivity contribution in [3.05, 3.63) is 170 Å². The second-order valence-electron chi connectivity index (χ2n) is 15.1. The maximum atomic E-state index is 4.92. The molecule has 0 aliphatic carbocycles. The fourth-order valence-electron chi connectivity index (χ4n) is 9.42. The average Bonchev–Trinajstić information content (AvgIpc) is 4.11. The third kappa shape index (κ3) is 4.09. The minimum Gasteiger partial charge on any atom is -0.283 e. The number of fused-ring (bicyclic) bond motifs is 16. The summed E-state index contributed by atoms with van der Waals surface area (Å²) in [6, 6.07) is 61.9. The van der Waals surface area contributed by atoms with Crippen molar-refractivity contribution >= 4 is 119 Å². The zero-order valence-corrected chi connectivity index (χ0v) is 32.3. The standard InChI is InChI=1S/C50H28N6S2/c1-5-13-39-33(9-1)35-25-29(31-19-23-45-47(27-31)57-49-51-37-11-3-7-15-43(37)53(45)49)17-21-41(35)55(39)56-40-14-6-2-10-34(40)36-26-30(18-22-42(36)56)32-20-24-46-48(28-32)58-50-52-38-12-4-8-16-44(38)54(46)50/h1-28H. The lowest BCUT2D eigenvalue weighted by atomic mass is 10.0. The highest BCUT2D eigenvalue weighted by molar-refractivity contribution is 7.24. The van der Waals surface area contributed by atoms with Gasteiger partial charge in [0.1, 0.15) is 0 Å². The first kappa shape index (κ1) is 30.9. The highest BCUT2D eigenvalue weighted by atomic mass is 32.1. The first-order chi connectivity index (χ1) is 28.7. The van der Waals surface area contributed by atoms with Crippen LogP contribution < -0.4 is 0 Å². The molecule has 0 amide bonds. The Bertz CT molecular complexity index is 3790. The predicted molar refractivity (Wildman–Crippen MR) is 244 cm³/mol. The fourth-order valence-corrected chi connectivity index (χ4v) is 11.6. The molecule has 6 heterocycles. The topological polar surface area (TPSA) is 44.5 Å². The summed E-state index contributed by atoms with van der Waals surface area (Å²) < 4.78 is 11.9. The lowest BCUT2D eigenvalue weighted by Gasteiger charge is -2.13. The molecular weight excluding hydrogens is 749 g/mol. The molecule has 14 rings (SSSR count). The molecule has 0 N–H and O–H groups in total. The van der Waals surface area contributed by atoms with Crippen molar-refractivity contribution in [2.75, 3.05) is 0 Å². The van der Waals surface area contributed by atoms with Gasteiger partial charge in [0, 0.05) is 21.5 Å². The van der Waals surface area contributed by atoms with E-state index < -0.39 is 0 Å². The number of nitrogens with zero attached hydrogens (tertiary/aromatic N) is 6. The summed E-state index contributed by atoms with van der Waals surface area (Å²) in [6.07, 6.45) is 0. The molecule has 0 saturated carbocycles. The maximum absolute atomic E-state index is 4.92. The highest BCUT2D eigenvalue weighted by Gasteiger charge is 2.20. The molecule has 6 aromatic heterocycles. The molecule has 8 heteroatoms. The van der Waals surface area contributed by atoms with Gasteiger partial charge in [-0.15, -0.1) is 0 Å². The molecular formula is C50H28N6S2. The molecule has 58 heavy (non-hydrogen) atoms. The van der Waals surface area contributed by atoms with E-state index in [0.717, 1.165) is 32.0 Å². The smallest absolute Gasteiger partial charge is 0.195 e. The van der Waals surface area contributed by atoms with Crippen LogP contribution in [-0.4, -0.2) is 28.1 Å². The average molecular weight is 777 g/mol. The van der Waals surface area contributed by atoms with Gasteiger partial charge in [-0.2, -0.15) is 0 Å². The van der Waals surface area contributed by atoms with Crippen molar-refractivity contribution in [1.29, 1.82) is 0 Å². The Morgan fingerprint density at radius 2 is 0.672 bits per heavy atom. The van der Waals surface area contributed by atoms with Crippen LogP contribution >= 0.6 is 22.7 Å². The van der Waals surface area contributed by atoms with Crippen LogP contribution in [0.4, 0.5) is 0 Å². The van der Waals surface area contributed by atoms with Gasteiger partial charge < -0.3 is 0 Å². The Balaban J connectivity index is 0.931. The van der Waals surface area contributed by atoms with Crippen LogP contribution in [0.1, 0.15) is 0 Å². The van der Waals surface area contributed by atoms with Crippen molar-refractivity contribution in [1.82, 2.24) is 28.1 Å². The second-order valence-corrected chi connectivity index (χ2v) is 17.1. The summed E-state index contributed by atoms with van der Waals surface area (Å²) in [5.41, 5.74) is 16.2. The summed E-state index contributed by atoms with van der Waals surface area (Å²) in [6.45, 7) is 0. The second kappa shape index (κ2) is 11.2. The molecule has 0 aliphatic rings. The lowest BCUT2D eigenvalue weighted by molar-refractivity contribution is 0.775. The maximum Gasteiger partial charge on any atom is 0.195 e. The van der Waals surface area contributed by atoms with Gasteiger partial charge in [0.2, 0.25) is 0 Å². The minimum absolute atomic E-state index is 1.03. The molecule has 0 unspecified atom stereocenters. The predicted octanol–water partition coefficient (Wildman–Crippen LogP) is 13.6. The Morgan fingerprint density at radius 3 is 1.14 bits per heavy atom. The summed E-state index contributed by atoms with van der Waals surface area (Å²) in [5, 5.41) is 4.91. The summed E-state index contributed by atoms with van der Waals surface area (Å²) in [5.74, 6) is 0. The Labute approximate surface area is 337 Å². The van der Waals surface area contributed by atoms with E-state index in [4.69, 9.17) is 9.97 Å². The Hall–Kier alpha value is -7.26. The monoisotopic (exact) mass is 776 g/mol. The molecule has 270 valence electrons. The van der Waals surface area contributed by atoms with Crippen molar-refractivity contribution in [3.8, 4) is 22.3 Å². The highest BCUT2D eigenvalue weighted by Crippen LogP contribution is 2.40. The van der Waals surface area contributed by atoms with E-state index in [9.17, 15) is 0 Å². The Kier molecular flexibility index (Phi) is 5.96. The van der Waals surface area contributed by atoms with Gasteiger partial charge in [0.25, 0.3) is 0 Å². The van der Waals surface area contributed by atoms with E-state index >= 15 is 0 Å². The number of hydrogen-bond donors (Lipinski definition) is 0. The van der Waals surface area contributed by atoms with Crippen molar-refractivity contribution in [2.24, 2.45) is 0 Å². The third-order valence-corrected chi connectivity index (χ3v) is 14.0. The number of aromatic nitrogens is 6. The zero-order valence-electron chi connectivity index (χ0n) is 30.7. The summed E-state index contributed by atoms with van der Waals surface area (Å²) >= 11 is 3.50. The van der Waals surface area contributed by atoms with Crippen LogP contribution in [0.25, 0.3) is 118 Å². The summed E-state index contributed by atoms with van der Waals surface area (Å²) in [7, 11) is 0. The largest absolute Gasteiger partial charge is 0.283 e. The number of thiazole rings is 2. The SMILES string of the molecule is c1ccc2c(c1)nc1sc3cc(-c4ccc5c(c4)c4ccccc4n5-n4c5ccccc5c5cc(-c6ccc7c(c6)sc6nc8ccccc8n67)ccc54)ccc3n12. The van der Waals surface area contributed by atoms with E-state index in [-0.39, 0.29) is 0 Å². The van der Waals surface area contributed by atoms with Crippen molar-refractivity contribution in [2.45, 2.75) is 0 Å². The van der Waals surface area contributed by atoms with Crippen LogP contribution in [0.15, 0.2) is 170 Å². The lowest BCUT2D eigenvalue weighted by Crippen LogP contribution is -2.08. The van der Waals surface area contributed by atoms with Gasteiger partial charge >= 0.3 is 0 Å². The summed E-state index contributed by atoms with van der Waals surface area (Å²) in [4.78, 5) is 11.9. The van der Waals surface area contributed by atoms with Crippen LogP contribution in [0.3, 0.4) is 0 Å². The van der Waals surface area contributed by atoms with Crippen molar-refractivity contribution < 1.29 is 0 Å². The first-order valence-corrected chi connectivity index (χ1v) is 21.0. The van der Waals surface area contributed by atoms with Gasteiger partial charge in [-0.1, -0.05) is 108 Å². The number of rotatable bonds is 3. The van der Waals surface area contributed by atoms with Gasteiger partial charge in [0.05, 0.1) is 64.6 Å². The molecule has 8 aromatic carbocycles. The molecule has 0 atom stereocenters. The van der Waals surface area contributed by atoms with Crippen LogP contribution in [-0.2, 0) is 0 Å². The molecule has 14 aromatic rings. The van der Waals surface area contributed by atoms with Gasteiger partial charge in [-0.3, -0.25) is 8.80 Å². The van der Waals surface area contributed by atoms with E-state index in [1.165, 1.54) is 86.3 Å². The van der Waals surface area contributed by atoms with E-state index in [0.29, 0.717) is 0 Å². The first-order valence-electron chi connectivity index (χ1n) is 19.4. The van der Waals surface area contributed by atoms with E-state index in [2.05, 4.69) is 188 Å². The molecule has 0 spiro atoms. The Morgan fingerprint density at radius 1 is 0.310 bits per heavy atom. The molecule has 0 fully saturated rings. The number of benzene rings is 8. The molecule has 6 nitrogen and oxygen atoms in total. The fraction of sp³-hybridized carbons (Fsp3) is 0. The van der Waals surface area contributed by atoms with Crippen LogP contribution in [0.5, 0.6) is 0 Å². The van der Waals surface area contributed by atoms with Crippen LogP contribution in [0, 0.1) is 0 Å². The normalized spacial score (nSPS) is 12.5. The minimum atomic E-state index is 1.03. The number of para-hydroxylation sites is 6. The van der Waals surface area contributed by atoms with Crippen LogP contribution in [0.2, 0.25) is 0 Å². The van der Waals surface area contributed by atoms with E-state index in [1.807, 2.05) is 0 Å². The zero-order chi connectivity index (χ0) is 37.6. The van der Waals surface area contributed by atoms with Gasteiger partial charge in [-0.25, -0.2) is 19.3 Å². The quantitative estimate of drug-likeness (QED) is 0.179. The number of hydrogen-bond acceptors (Lipinski definition) is 4. The molecule has 0 radical (unpaired) electrons. The van der Waals surface area contributed by atoms with Crippen molar-refractivity contribution in [3.63, 3.8) is 0 Å². The van der Waals surface area contributed by atoms with E-state index in [1.54, 1.807) is 22.7 Å². The van der Waals surface area contributed by atoms with Gasteiger partial charge in [0.15, 0.2) is 9.92 Å². The molecule has 0 aliphatic heterocycles. The molecule has 0 saturated heterocycles.